The molecular weight excluding hydrogens is 137 g/mol. The van der Waals surface area contributed by atoms with Crippen LogP contribution in [0.1, 0.15) is 6.42 Å². The molecule has 0 saturated heterocycles. The smallest absolute Gasteiger partial charge is 0.174 e. The van der Waals surface area contributed by atoms with Crippen molar-refractivity contribution >= 4 is 12.6 Å². The molecule has 0 nitrogen and oxygen atoms in total. The number of rotatable bonds is 3. The molecule has 0 radical (unpaired) electrons. The van der Waals surface area contributed by atoms with E-state index < -0.39 is 24.8 Å². The predicted octanol–water partition coefficient (Wildman–Crippen LogP) is 1.91. The Kier molecular flexibility index (Phi) is 4.13. The van der Waals surface area contributed by atoms with Crippen LogP contribution in [0.15, 0.2) is 0 Å². The summed E-state index contributed by atoms with van der Waals surface area (Å²) in [4.78, 5) is 0. The van der Waals surface area contributed by atoms with E-state index in [1.54, 1.807) is 0 Å². The zero-order chi connectivity index (χ0) is 6.57. The van der Waals surface area contributed by atoms with Crippen LogP contribution in [0.25, 0.3) is 0 Å². The van der Waals surface area contributed by atoms with Crippen molar-refractivity contribution in [3.05, 3.63) is 0 Å². The van der Waals surface area contributed by atoms with Crippen LogP contribution >= 0.6 is 12.6 Å². The minimum Gasteiger partial charge on any atom is -0.251 e. The highest BCUT2D eigenvalue weighted by Gasteiger charge is 2.14. The van der Waals surface area contributed by atoms with Crippen LogP contribution in [0.5, 0.6) is 0 Å². The largest absolute Gasteiger partial charge is 0.251 e. The Morgan fingerprint density at radius 2 is 1.88 bits per heavy atom. The highest BCUT2D eigenvalue weighted by atomic mass is 32.1. The minimum atomic E-state index is -1.84. The van der Waals surface area contributed by atoms with Gasteiger partial charge in [0.25, 0.3) is 0 Å². The van der Waals surface area contributed by atoms with E-state index in [0.717, 1.165) is 0 Å². The molecule has 0 aromatic rings. The second-order valence-corrected chi connectivity index (χ2v) is 1.86. The Morgan fingerprint density at radius 3 is 2.00 bits per heavy atom. The van der Waals surface area contributed by atoms with Gasteiger partial charge in [0, 0.05) is 6.42 Å². The fourth-order valence-corrected chi connectivity index (χ4v) is 0.391. The third kappa shape index (κ3) is 3.18. The summed E-state index contributed by atoms with van der Waals surface area (Å²) in [5, 5.41) is 0. The zero-order valence-electron chi connectivity index (χ0n) is 4.15. The molecule has 8 heavy (non-hydrogen) atoms. The first kappa shape index (κ1) is 8.14. The summed E-state index contributed by atoms with van der Waals surface area (Å²) >= 11 is 3.12. The van der Waals surface area contributed by atoms with Crippen molar-refractivity contribution in [1.82, 2.24) is 0 Å². The average Bonchev–Trinajstić information content (AvgIpc) is 1.67. The summed E-state index contributed by atoms with van der Waals surface area (Å²) in [6.07, 6.45) is -2.16. The third-order valence-electron chi connectivity index (χ3n) is 0.683. The lowest BCUT2D eigenvalue weighted by Gasteiger charge is -2.03. The maximum atomic E-state index is 11.8. The molecule has 0 heterocycles. The number of hydrogen-bond acceptors (Lipinski definition) is 1. The summed E-state index contributed by atoms with van der Waals surface area (Å²) in [6, 6.07) is 0. The van der Waals surface area contributed by atoms with Gasteiger partial charge < -0.3 is 0 Å². The van der Waals surface area contributed by atoms with Gasteiger partial charge in [0.05, 0.1) is 6.67 Å². The van der Waals surface area contributed by atoms with E-state index in [-0.39, 0.29) is 0 Å². The van der Waals surface area contributed by atoms with Gasteiger partial charge in [-0.05, 0) is 0 Å². The van der Waals surface area contributed by atoms with Gasteiger partial charge in [-0.25, -0.2) is 8.78 Å². The van der Waals surface area contributed by atoms with Crippen LogP contribution in [-0.4, -0.2) is 18.3 Å². The van der Waals surface area contributed by atoms with E-state index in [9.17, 15) is 13.2 Å². The van der Waals surface area contributed by atoms with Crippen LogP contribution in [0.3, 0.4) is 0 Å². The first-order valence-electron chi connectivity index (χ1n) is 2.20. The Morgan fingerprint density at radius 1 is 1.38 bits per heavy atom. The number of hydrogen-bond donors (Lipinski definition) is 1. The predicted molar refractivity (Wildman–Crippen MR) is 29.4 cm³/mol. The Hall–Kier alpha value is 0.140. The number of alkyl halides is 3. The number of thiol groups is 1. The van der Waals surface area contributed by atoms with Gasteiger partial charge in [0.1, 0.15) is 6.17 Å². The fourth-order valence-electron chi connectivity index (χ4n) is 0.242. The summed E-state index contributed by atoms with van der Waals surface area (Å²) in [6.45, 7) is -0.831. The molecule has 0 spiro atoms. The van der Waals surface area contributed by atoms with Gasteiger partial charge in [-0.3, -0.25) is 4.39 Å². The van der Waals surface area contributed by atoms with Crippen molar-refractivity contribution in [2.24, 2.45) is 0 Å². The molecule has 0 rings (SSSR count). The van der Waals surface area contributed by atoms with Gasteiger partial charge in [0.2, 0.25) is 0 Å². The molecule has 50 valence electrons. The minimum absolute atomic E-state index is 0.398. The van der Waals surface area contributed by atoms with Gasteiger partial charge in [0.15, 0.2) is 5.50 Å². The highest BCUT2D eigenvalue weighted by molar-refractivity contribution is 7.80. The highest BCUT2D eigenvalue weighted by Crippen LogP contribution is 2.10. The fraction of sp³-hybridized carbons (Fsp3) is 1.00. The van der Waals surface area contributed by atoms with E-state index in [1.807, 2.05) is 0 Å². The van der Waals surface area contributed by atoms with Crippen LogP contribution < -0.4 is 0 Å². The van der Waals surface area contributed by atoms with E-state index in [4.69, 9.17) is 0 Å². The summed E-state index contributed by atoms with van der Waals surface area (Å²) in [5.41, 5.74) is -1.84. The van der Waals surface area contributed by atoms with Crippen LogP contribution in [0.2, 0.25) is 0 Å². The maximum absolute atomic E-state index is 11.8. The Balaban J connectivity index is 3.17. The average molecular weight is 144 g/mol. The molecule has 4 heteroatoms. The molecule has 0 aromatic carbocycles. The number of halogens is 3. The topological polar surface area (TPSA) is 0 Å². The van der Waals surface area contributed by atoms with Gasteiger partial charge in [-0.15, -0.1) is 12.6 Å². The Labute approximate surface area is 51.5 Å². The Bertz CT molecular complexity index is 57.2. The molecule has 0 aliphatic carbocycles. The molecule has 0 N–H and O–H groups in total. The van der Waals surface area contributed by atoms with Crippen molar-refractivity contribution in [3.63, 3.8) is 0 Å². The monoisotopic (exact) mass is 144 g/mol. The second kappa shape index (κ2) is 4.06. The molecule has 0 bridgehead atoms. The summed E-state index contributed by atoms with van der Waals surface area (Å²) in [5.74, 6) is 0. The van der Waals surface area contributed by atoms with Gasteiger partial charge >= 0.3 is 0 Å². The van der Waals surface area contributed by atoms with Crippen molar-refractivity contribution < 1.29 is 13.2 Å². The molecule has 2 unspecified atom stereocenters. The maximum Gasteiger partial charge on any atom is 0.174 e. The standard InChI is InChI=1S/C4H7F3S/c5-2-1-3(6)4(7)8/h3-4,8H,1-2H2. The molecule has 0 fully saturated rings. The van der Waals surface area contributed by atoms with Crippen molar-refractivity contribution in [3.8, 4) is 0 Å². The molecular formula is C4H7F3S. The van der Waals surface area contributed by atoms with Crippen molar-refractivity contribution in [1.29, 1.82) is 0 Å². The molecule has 0 aliphatic rings. The normalized spacial score (nSPS) is 18.0. The molecule has 0 amide bonds. The lowest BCUT2D eigenvalue weighted by atomic mass is 10.3. The first-order valence-corrected chi connectivity index (χ1v) is 2.72. The van der Waals surface area contributed by atoms with Crippen LogP contribution in [0.4, 0.5) is 13.2 Å². The lowest BCUT2D eigenvalue weighted by molar-refractivity contribution is 0.209. The summed E-state index contributed by atoms with van der Waals surface area (Å²) < 4.78 is 34.6. The van der Waals surface area contributed by atoms with E-state index in [0.29, 0.717) is 0 Å². The van der Waals surface area contributed by atoms with Crippen molar-refractivity contribution in [2.75, 3.05) is 6.67 Å². The van der Waals surface area contributed by atoms with E-state index in [1.165, 1.54) is 0 Å². The second-order valence-electron chi connectivity index (χ2n) is 1.37. The molecule has 0 aromatic heterocycles. The van der Waals surface area contributed by atoms with Crippen LogP contribution in [0, 0.1) is 0 Å². The van der Waals surface area contributed by atoms with E-state index in [2.05, 4.69) is 12.6 Å². The van der Waals surface area contributed by atoms with Gasteiger partial charge in [-0.1, -0.05) is 0 Å². The first-order chi connectivity index (χ1) is 3.68. The van der Waals surface area contributed by atoms with Crippen molar-refractivity contribution in [2.45, 2.75) is 18.1 Å². The van der Waals surface area contributed by atoms with Gasteiger partial charge in [-0.2, -0.15) is 0 Å². The SMILES string of the molecule is FCCC(F)C(F)S. The molecule has 0 aliphatic heterocycles. The van der Waals surface area contributed by atoms with Crippen LogP contribution in [-0.2, 0) is 0 Å². The molecule has 0 saturated carbocycles. The lowest BCUT2D eigenvalue weighted by Crippen LogP contribution is -2.11. The zero-order valence-corrected chi connectivity index (χ0v) is 5.04. The molecule has 2 atom stereocenters. The van der Waals surface area contributed by atoms with E-state index >= 15 is 0 Å². The summed E-state index contributed by atoms with van der Waals surface area (Å²) in [7, 11) is 0. The quantitative estimate of drug-likeness (QED) is 0.575. The third-order valence-corrected chi connectivity index (χ3v) is 1.01.